The topological polar surface area (TPSA) is 121 Å². The first-order valence-corrected chi connectivity index (χ1v) is 14.1. The zero-order valence-corrected chi connectivity index (χ0v) is 23.5. The highest BCUT2D eigenvalue weighted by Crippen LogP contribution is 2.20. The highest BCUT2D eigenvalue weighted by Gasteiger charge is 2.26. The Morgan fingerprint density at radius 1 is 0.951 bits per heavy atom. The molecule has 0 aliphatic rings. The van der Waals surface area contributed by atoms with Crippen molar-refractivity contribution in [2.24, 2.45) is 5.92 Å². The van der Waals surface area contributed by atoms with Crippen LogP contribution in [-0.4, -0.2) is 53.2 Å². The van der Waals surface area contributed by atoms with Gasteiger partial charge in [0.1, 0.15) is 6.61 Å². The van der Waals surface area contributed by atoms with Gasteiger partial charge in [0.05, 0.1) is 24.6 Å². The van der Waals surface area contributed by atoms with Gasteiger partial charge in [-0.1, -0.05) is 60.7 Å². The monoisotopic (exact) mass is 559 g/mol. The van der Waals surface area contributed by atoms with Gasteiger partial charge in [-0.2, -0.15) is 0 Å². The molecule has 0 aliphatic carbocycles. The van der Waals surface area contributed by atoms with Crippen LogP contribution >= 0.6 is 0 Å². The summed E-state index contributed by atoms with van der Waals surface area (Å²) in [5.41, 5.74) is 2.95. The number of benzene rings is 2. The van der Waals surface area contributed by atoms with Crippen molar-refractivity contribution in [2.45, 2.75) is 57.0 Å². The maximum absolute atomic E-state index is 13.4. The third-order valence-electron chi connectivity index (χ3n) is 6.89. The van der Waals surface area contributed by atoms with Gasteiger partial charge < -0.3 is 25.5 Å². The van der Waals surface area contributed by atoms with Gasteiger partial charge in [-0.05, 0) is 49.3 Å². The second-order valence-electron chi connectivity index (χ2n) is 10.2. The van der Waals surface area contributed by atoms with Gasteiger partial charge in [0, 0.05) is 29.9 Å². The molecule has 41 heavy (non-hydrogen) atoms. The number of aromatic nitrogens is 1. The first-order chi connectivity index (χ1) is 19.9. The first-order valence-electron chi connectivity index (χ1n) is 14.1. The van der Waals surface area contributed by atoms with Crippen molar-refractivity contribution in [3.8, 4) is 0 Å². The molecule has 0 spiro atoms. The van der Waals surface area contributed by atoms with Gasteiger partial charge >= 0.3 is 5.97 Å². The lowest BCUT2D eigenvalue weighted by molar-refractivity contribution is -0.145. The van der Waals surface area contributed by atoms with Gasteiger partial charge in [0.15, 0.2) is 0 Å². The third kappa shape index (κ3) is 10.4. The number of fused-ring (bicyclic) bond motifs is 1. The molecule has 0 saturated heterocycles. The van der Waals surface area contributed by atoms with E-state index in [4.69, 9.17) is 4.74 Å². The average Bonchev–Trinajstić information content (AvgIpc) is 3.38. The van der Waals surface area contributed by atoms with Crippen LogP contribution < -0.4 is 10.6 Å². The Morgan fingerprint density at radius 3 is 2.44 bits per heavy atom. The number of hydrogen-bond acceptors (Lipinski definition) is 5. The lowest BCUT2D eigenvalue weighted by Gasteiger charge is -2.23. The Labute approximate surface area is 241 Å². The zero-order chi connectivity index (χ0) is 29.5. The summed E-state index contributed by atoms with van der Waals surface area (Å²) < 4.78 is 5.53. The van der Waals surface area contributed by atoms with Crippen LogP contribution in [0.15, 0.2) is 86.1 Å². The van der Waals surface area contributed by atoms with E-state index in [2.05, 4.69) is 28.8 Å². The fourth-order valence-electron chi connectivity index (χ4n) is 4.75. The molecule has 3 rings (SSSR count). The molecule has 1 heterocycles. The van der Waals surface area contributed by atoms with Gasteiger partial charge in [-0.3, -0.25) is 14.4 Å². The van der Waals surface area contributed by atoms with Gasteiger partial charge in [0.2, 0.25) is 11.8 Å². The Kier molecular flexibility index (Phi) is 12.9. The summed E-state index contributed by atoms with van der Waals surface area (Å²) in [7, 11) is 0. The van der Waals surface area contributed by atoms with E-state index in [1.807, 2.05) is 60.8 Å². The van der Waals surface area contributed by atoms with Crippen LogP contribution in [-0.2, 0) is 32.0 Å². The van der Waals surface area contributed by atoms with E-state index in [0.717, 1.165) is 28.5 Å². The van der Waals surface area contributed by atoms with Crippen molar-refractivity contribution in [1.29, 1.82) is 0 Å². The summed E-state index contributed by atoms with van der Waals surface area (Å²) >= 11 is 0. The molecule has 1 aromatic heterocycles. The standard InChI is InChI=1S/C33H41N3O5/c1-3-5-7-17-32(39)41-23-28(19-26-21-34-30-16-11-10-15-29(26)30)36-33(40)25(12-4-2)20-31(38)35-27(22-37)18-24-13-8-6-9-14-24/h3-4,6,8-11,13-16,21,25,27-28,34,37H,1-2,5,7,12,17-20,22-23H2,(H,35,38)(H,36,40)/t25-,27-,28-/m0/s1. The molecule has 2 aromatic carbocycles. The first kappa shape index (κ1) is 31.4. The van der Waals surface area contributed by atoms with Crippen LogP contribution in [0.4, 0.5) is 0 Å². The van der Waals surface area contributed by atoms with Crippen LogP contribution in [0.1, 0.15) is 43.2 Å². The van der Waals surface area contributed by atoms with Crippen molar-refractivity contribution in [1.82, 2.24) is 15.6 Å². The second kappa shape index (κ2) is 16.8. The largest absolute Gasteiger partial charge is 0.463 e. The number of carbonyl (C=O) groups is 3. The molecule has 8 heteroatoms. The fourth-order valence-corrected chi connectivity index (χ4v) is 4.75. The van der Waals surface area contributed by atoms with Gasteiger partial charge in [0.25, 0.3) is 0 Å². The zero-order valence-electron chi connectivity index (χ0n) is 23.5. The minimum Gasteiger partial charge on any atom is -0.463 e. The van der Waals surface area contributed by atoms with Gasteiger partial charge in [-0.25, -0.2) is 0 Å². The summed E-state index contributed by atoms with van der Waals surface area (Å²) in [4.78, 5) is 41.9. The van der Waals surface area contributed by atoms with E-state index in [1.54, 1.807) is 12.2 Å². The predicted octanol–water partition coefficient (Wildman–Crippen LogP) is 4.40. The molecule has 0 bridgehead atoms. The van der Waals surface area contributed by atoms with Gasteiger partial charge in [-0.15, -0.1) is 13.2 Å². The van der Waals surface area contributed by atoms with Crippen LogP contribution in [0.25, 0.3) is 10.9 Å². The summed E-state index contributed by atoms with van der Waals surface area (Å²) in [6.45, 7) is 7.22. The van der Waals surface area contributed by atoms with E-state index >= 15 is 0 Å². The van der Waals surface area contributed by atoms with Crippen molar-refractivity contribution in [3.05, 3.63) is 97.2 Å². The number of allylic oxidation sites excluding steroid dienone is 2. The summed E-state index contributed by atoms with van der Waals surface area (Å²) in [6, 6.07) is 16.5. The lowest BCUT2D eigenvalue weighted by Crippen LogP contribution is -2.45. The number of hydrogen-bond donors (Lipinski definition) is 4. The molecule has 4 N–H and O–H groups in total. The predicted molar refractivity (Wildman–Crippen MR) is 161 cm³/mol. The SMILES string of the molecule is C=CCCCC(=O)OC[C@H](Cc1c[nH]c2ccccc12)NC(=O)[C@@H](CC=C)CC(=O)N[C@H](CO)Cc1ccccc1. The number of amides is 2. The van der Waals surface area contributed by atoms with E-state index in [1.165, 1.54) is 0 Å². The molecule has 2 amide bonds. The molecular weight excluding hydrogens is 518 g/mol. The van der Waals surface area contributed by atoms with E-state index in [9.17, 15) is 19.5 Å². The minimum atomic E-state index is -0.669. The van der Waals surface area contributed by atoms with Crippen molar-refractivity contribution >= 4 is 28.7 Å². The molecule has 0 aliphatic heterocycles. The fraction of sp³-hybridized carbons (Fsp3) is 0.364. The normalized spacial score (nSPS) is 13.1. The summed E-state index contributed by atoms with van der Waals surface area (Å²) in [5.74, 6) is -1.65. The molecule has 0 saturated carbocycles. The number of esters is 1. The van der Waals surface area contributed by atoms with Crippen molar-refractivity contribution in [2.75, 3.05) is 13.2 Å². The third-order valence-corrected chi connectivity index (χ3v) is 6.89. The number of rotatable bonds is 18. The number of aliphatic hydroxyl groups excluding tert-OH is 1. The maximum Gasteiger partial charge on any atom is 0.305 e. The molecule has 218 valence electrons. The van der Waals surface area contributed by atoms with Crippen molar-refractivity contribution < 1.29 is 24.2 Å². The number of unbranched alkanes of at least 4 members (excludes halogenated alkanes) is 1. The molecule has 3 atom stereocenters. The van der Waals surface area contributed by atoms with Crippen LogP contribution in [0.5, 0.6) is 0 Å². The molecule has 0 unspecified atom stereocenters. The Balaban J connectivity index is 1.66. The van der Waals surface area contributed by atoms with Crippen LogP contribution in [0.3, 0.4) is 0 Å². The number of para-hydroxylation sites is 1. The number of carbonyl (C=O) groups excluding carboxylic acids is 3. The Bertz CT molecular complexity index is 1290. The molecule has 8 nitrogen and oxygen atoms in total. The van der Waals surface area contributed by atoms with Crippen molar-refractivity contribution in [3.63, 3.8) is 0 Å². The van der Waals surface area contributed by atoms with E-state index in [-0.39, 0.29) is 43.8 Å². The summed E-state index contributed by atoms with van der Waals surface area (Å²) in [5, 5.41) is 16.7. The maximum atomic E-state index is 13.4. The van der Waals surface area contributed by atoms with E-state index in [0.29, 0.717) is 25.7 Å². The molecule has 0 radical (unpaired) electrons. The van der Waals surface area contributed by atoms with E-state index < -0.39 is 18.0 Å². The molecule has 0 fully saturated rings. The molecule has 3 aromatic rings. The number of H-pyrrole nitrogens is 1. The smallest absolute Gasteiger partial charge is 0.305 e. The second-order valence-corrected chi connectivity index (χ2v) is 10.2. The number of nitrogens with one attached hydrogen (secondary N) is 3. The summed E-state index contributed by atoms with van der Waals surface area (Å²) in [6.07, 6.45) is 8.05. The number of ether oxygens (including phenoxy) is 1. The number of aliphatic hydroxyl groups is 1. The minimum absolute atomic E-state index is 0.00877. The van der Waals surface area contributed by atoms with Crippen LogP contribution in [0, 0.1) is 5.92 Å². The quantitative estimate of drug-likeness (QED) is 0.105. The molecular formula is C33H41N3O5. The highest BCUT2D eigenvalue weighted by atomic mass is 16.5. The Morgan fingerprint density at radius 2 is 1.71 bits per heavy atom. The highest BCUT2D eigenvalue weighted by molar-refractivity contribution is 5.86. The average molecular weight is 560 g/mol. The lowest BCUT2D eigenvalue weighted by atomic mass is 9.97. The number of aromatic amines is 1. The Hall–Kier alpha value is -4.17. The van der Waals surface area contributed by atoms with Crippen LogP contribution in [0.2, 0.25) is 0 Å².